The number of rotatable bonds is 2. The van der Waals surface area contributed by atoms with Crippen LogP contribution in [0.3, 0.4) is 0 Å². The van der Waals surface area contributed by atoms with Crippen LogP contribution in [0.4, 0.5) is 0 Å². The maximum atomic E-state index is 11.1. The van der Waals surface area contributed by atoms with Crippen LogP contribution in [0, 0.1) is 0 Å². The standard InChI is InChI=1S/C11H10ClNO3/c1-16-11(15)10(14)9-4-6-2-3-7(12)5-8(6)13-9/h2-5,10,13-14H,1H3. The predicted molar refractivity (Wildman–Crippen MR) is 60.3 cm³/mol. The number of nitrogens with one attached hydrogen (secondary N) is 1. The molecule has 0 amide bonds. The number of aromatic amines is 1. The van der Waals surface area contributed by atoms with Crippen molar-refractivity contribution in [1.82, 2.24) is 4.98 Å². The highest BCUT2D eigenvalue weighted by Crippen LogP contribution is 2.23. The number of aromatic nitrogens is 1. The number of esters is 1. The van der Waals surface area contributed by atoms with Crippen LogP contribution >= 0.6 is 11.6 Å². The molecule has 0 saturated carbocycles. The van der Waals surface area contributed by atoms with E-state index in [4.69, 9.17) is 11.6 Å². The first-order chi connectivity index (χ1) is 7.61. The molecule has 16 heavy (non-hydrogen) atoms. The number of hydrogen-bond acceptors (Lipinski definition) is 3. The van der Waals surface area contributed by atoms with Gasteiger partial charge in [0.15, 0.2) is 6.10 Å². The first-order valence-corrected chi connectivity index (χ1v) is 5.03. The molecule has 1 aromatic heterocycles. The van der Waals surface area contributed by atoms with Crippen LogP contribution in [0.5, 0.6) is 0 Å². The van der Waals surface area contributed by atoms with Gasteiger partial charge in [-0.1, -0.05) is 17.7 Å². The number of benzene rings is 1. The third-order valence-corrected chi connectivity index (χ3v) is 2.56. The fourth-order valence-corrected chi connectivity index (χ4v) is 1.68. The molecule has 0 radical (unpaired) electrons. The molecule has 1 aromatic carbocycles. The van der Waals surface area contributed by atoms with Crippen molar-refractivity contribution < 1.29 is 14.6 Å². The summed E-state index contributed by atoms with van der Waals surface area (Å²) in [6.07, 6.45) is -1.30. The van der Waals surface area contributed by atoms with Crippen molar-refractivity contribution in [3.8, 4) is 0 Å². The Hall–Kier alpha value is -1.52. The van der Waals surface area contributed by atoms with Crippen molar-refractivity contribution in [2.24, 2.45) is 0 Å². The van der Waals surface area contributed by atoms with Crippen LogP contribution < -0.4 is 0 Å². The molecule has 5 heteroatoms. The minimum atomic E-state index is -1.30. The lowest BCUT2D eigenvalue weighted by Crippen LogP contribution is -2.13. The summed E-state index contributed by atoms with van der Waals surface area (Å²) in [5, 5.41) is 11.1. The van der Waals surface area contributed by atoms with Crippen molar-refractivity contribution in [2.45, 2.75) is 6.10 Å². The molecule has 1 heterocycles. The van der Waals surface area contributed by atoms with Crippen molar-refractivity contribution in [2.75, 3.05) is 7.11 Å². The highest BCUT2D eigenvalue weighted by atomic mass is 35.5. The molecule has 1 unspecified atom stereocenters. The monoisotopic (exact) mass is 239 g/mol. The van der Waals surface area contributed by atoms with Gasteiger partial charge < -0.3 is 14.8 Å². The largest absolute Gasteiger partial charge is 0.467 e. The second-order valence-electron chi connectivity index (χ2n) is 3.38. The van der Waals surface area contributed by atoms with Gasteiger partial charge in [0.2, 0.25) is 0 Å². The molecule has 0 aliphatic heterocycles. The van der Waals surface area contributed by atoms with E-state index in [1.807, 2.05) is 6.07 Å². The minimum absolute atomic E-state index is 0.393. The lowest BCUT2D eigenvalue weighted by atomic mass is 10.2. The van der Waals surface area contributed by atoms with Gasteiger partial charge in [0.05, 0.1) is 12.8 Å². The second kappa shape index (κ2) is 4.15. The SMILES string of the molecule is COC(=O)C(O)c1cc2ccc(Cl)cc2[nH]1. The molecule has 1 atom stereocenters. The van der Waals surface area contributed by atoms with Gasteiger partial charge in [-0.2, -0.15) is 0 Å². The van der Waals surface area contributed by atoms with Crippen LogP contribution in [-0.4, -0.2) is 23.2 Å². The Balaban J connectivity index is 2.43. The van der Waals surface area contributed by atoms with E-state index in [0.717, 1.165) is 10.9 Å². The number of H-pyrrole nitrogens is 1. The van der Waals surface area contributed by atoms with E-state index in [-0.39, 0.29) is 0 Å². The number of carbonyl (C=O) groups is 1. The summed E-state index contributed by atoms with van der Waals surface area (Å²) < 4.78 is 4.45. The Morgan fingerprint density at radius 3 is 2.94 bits per heavy atom. The van der Waals surface area contributed by atoms with Gasteiger partial charge in [-0.15, -0.1) is 0 Å². The Morgan fingerprint density at radius 2 is 2.25 bits per heavy atom. The topological polar surface area (TPSA) is 62.3 Å². The molecule has 84 valence electrons. The Kier molecular flexibility index (Phi) is 2.85. The van der Waals surface area contributed by atoms with Gasteiger partial charge in [0.1, 0.15) is 0 Å². The molecular formula is C11H10ClNO3. The van der Waals surface area contributed by atoms with Gasteiger partial charge in [-0.05, 0) is 23.6 Å². The van der Waals surface area contributed by atoms with Gasteiger partial charge in [0, 0.05) is 10.5 Å². The maximum Gasteiger partial charge on any atom is 0.340 e. The Morgan fingerprint density at radius 1 is 1.50 bits per heavy atom. The highest BCUT2D eigenvalue weighted by Gasteiger charge is 2.19. The third kappa shape index (κ3) is 1.89. The van der Waals surface area contributed by atoms with E-state index < -0.39 is 12.1 Å². The number of aliphatic hydroxyl groups is 1. The van der Waals surface area contributed by atoms with Gasteiger partial charge >= 0.3 is 5.97 Å². The predicted octanol–water partition coefficient (Wildman–Crippen LogP) is 2.03. The van der Waals surface area contributed by atoms with Crippen LogP contribution in [0.1, 0.15) is 11.8 Å². The minimum Gasteiger partial charge on any atom is -0.467 e. The van der Waals surface area contributed by atoms with Crippen LogP contribution in [-0.2, 0) is 9.53 Å². The second-order valence-corrected chi connectivity index (χ2v) is 3.82. The van der Waals surface area contributed by atoms with Crippen LogP contribution in [0.15, 0.2) is 24.3 Å². The third-order valence-electron chi connectivity index (χ3n) is 2.32. The fourth-order valence-electron chi connectivity index (χ4n) is 1.51. The molecule has 0 saturated heterocycles. The van der Waals surface area contributed by atoms with Crippen LogP contribution in [0.2, 0.25) is 5.02 Å². The lowest BCUT2D eigenvalue weighted by molar-refractivity contribution is -0.150. The van der Waals surface area contributed by atoms with Gasteiger partial charge in [-0.3, -0.25) is 0 Å². The summed E-state index contributed by atoms with van der Waals surface area (Å²) in [6, 6.07) is 6.96. The molecule has 0 spiro atoms. The molecule has 2 aromatic rings. The number of ether oxygens (including phenoxy) is 1. The first-order valence-electron chi connectivity index (χ1n) is 4.66. The number of methoxy groups -OCH3 is 1. The quantitative estimate of drug-likeness (QED) is 0.789. The number of hydrogen-bond donors (Lipinski definition) is 2. The smallest absolute Gasteiger partial charge is 0.340 e. The number of fused-ring (bicyclic) bond motifs is 1. The van der Waals surface area contributed by atoms with Crippen molar-refractivity contribution in [3.63, 3.8) is 0 Å². The molecule has 0 bridgehead atoms. The van der Waals surface area contributed by atoms with Crippen LogP contribution in [0.25, 0.3) is 10.9 Å². The zero-order valence-electron chi connectivity index (χ0n) is 8.53. The van der Waals surface area contributed by atoms with E-state index >= 15 is 0 Å². The van der Waals surface area contributed by atoms with E-state index in [2.05, 4.69) is 9.72 Å². The number of halogens is 1. The Bertz CT molecular complexity index is 535. The molecule has 2 N–H and O–H groups in total. The molecule has 4 nitrogen and oxygen atoms in total. The normalized spacial score (nSPS) is 12.7. The van der Waals surface area contributed by atoms with Gasteiger partial charge in [0.25, 0.3) is 0 Å². The molecular weight excluding hydrogens is 230 g/mol. The average Bonchev–Trinajstić information content (AvgIpc) is 2.69. The Labute approximate surface area is 96.8 Å². The summed E-state index contributed by atoms with van der Waals surface area (Å²) >= 11 is 5.82. The number of aliphatic hydroxyl groups excluding tert-OH is 1. The first kappa shape index (κ1) is 11.0. The van der Waals surface area contributed by atoms with Crippen molar-refractivity contribution in [3.05, 3.63) is 35.0 Å². The molecule has 0 aliphatic rings. The number of carbonyl (C=O) groups excluding carboxylic acids is 1. The van der Waals surface area contributed by atoms with Crippen molar-refractivity contribution in [1.29, 1.82) is 0 Å². The van der Waals surface area contributed by atoms with Gasteiger partial charge in [-0.25, -0.2) is 4.79 Å². The molecule has 0 fully saturated rings. The average molecular weight is 240 g/mol. The summed E-state index contributed by atoms with van der Waals surface area (Å²) in [5.41, 5.74) is 1.16. The summed E-state index contributed by atoms with van der Waals surface area (Å²) in [6.45, 7) is 0. The molecule has 2 rings (SSSR count). The summed E-state index contributed by atoms with van der Waals surface area (Å²) in [5.74, 6) is -0.697. The highest BCUT2D eigenvalue weighted by molar-refractivity contribution is 6.31. The van der Waals surface area contributed by atoms with E-state index in [1.165, 1.54) is 7.11 Å². The van der Waals surface area contributed by atoms with E-state index in [0.29, 0.717) is 10.7 Å². The maximum absolute atomic E-state index is 11.1. The van der Waals surface area contributed by atoms with E-state index in [9.17, 15) is 9.90 Å². The van der Waals surface area contributed by atoms with E-state index in [1.54, 1.807) is 18.2 Å². The zero-order chi connectivity index (χ0) is 11.7. The summed E-state index contributed by atoms with van der Waals surface area (Å²) in [7, 11) is 1.23. The summed E-state index contributed by atoms with van der Waals surface area (Å²) in [4.78, 5) is 14.1. The zero-order valence-corrected chi connectivity index (χ0v) is 9.28. The molecule has 0 aliphatic carbocycles. The lowest BCUT2D eigenvalue weighted by Gasteiger charge is -2.04. The fraction of sp³-hybridized carbons (Fsp3) is 0.182. The van der Waals surface area contributed by atoms with Crippen molar-refractivity contribution >= 4 is 28.5 Å².